The highest BCUT2D eigenvalue weighted by molar-refractivity contribution is 5.86. The average Bonchev–Trinajstić information content (AvgIpc) is 3.40. The molecule has 3 aromatic rings. The van der Waals surface area contributed by atoms with E-state index in [9.17, 15) is 9.90 Å². The molecule has 0 unspecified atom stereocenters. The van der Waals surface area contributed by atoms with Crippen LogP contribution in [0.2, 0.25) is 0 Å². The second-order valence-corrected chi connectivity index (χ2v) is 9.29. The number of carboxylic acids is 1. The van der Waals surface area contributed by atoms with Crippen molar-refractivity contribution in [2.24, 2.45) is 0 Å². The van der Waals surface area contributed by atoms with Crippen molar-refractivity contribution >= 4 is 22.4 Å². The molecule has 31 heavy (non-hydrogen) atoms. The van der Waals surface area contributed by atoms with Gasteiger partial charge in [0.1, 0.15) is 0 Å². The van der Waals surface area contributed by atoms with E-state index < -0.39 is 5.97 Å². The van der Waals surface area contributed by atoms with Gasteiger partial charge >= 0.3 is 5.97 Å². The number of anilines is 1. The van der Waals surface area contributed by atoms with Crippen LogP contribution in [0.15, 0.2) is 66.7 Å². The van der Waals surface area contributed by atoms with Crippen LogP contribution in [-0.4, -0.2) is 30.2 Å². The second kappa shape index (κ2) is 8.01. The molecule has 0 spiro atoms. The van der Waals surface area contributed by atoms with E-state index in [0.29, 0.717) is 12.1 Å². The Morgan fingerprint density at radius 2 is 1.84 bits per heavy atom. The third-order valence-electron chi connectivity index (χ3n) is 7.15. The second-order valence-electron chi connectivity index (χ2n) is 9.29. The molecule has 4 nitrogen and oxygen atoms in total. The fourth-order valence-corrected chi connectivity index (χ4v) is 5.24. The molecule has 4 heteroatoms. The lowest BCUT2D eigenvalue weighted by Gasteiger charge is -2.23. The third kappa shape index (κ3) is 4.05. The molecule has 1 heterocycles. The molecule has 0 bridgehead atoms. The van der Waals surface area contributed by atoms with Gasteiger partial charge in [-0.15, -0.1) is 0 Å². The number of hydrogen-bond acceptors (Lipinski definition) is 3. The summed E-state index contributed by atoms with van der Waals surface area (Å²) in [5.74, 6) is -0.699. The lowest BCUT2D eigenvalue weighted by Crippen LogP contribution is -2.34. The Bertz CT molecular complexity index is 1080. The van der Waals surface area contributed by atoms with Crippen LogP contribution in [0, 0.1) is 0 Å². The van der Waals surface area contributed by atoms with Crippen LogP contribution >= 0.6 is 0 Å². The van der Waals surface area contributed by atoms with Crippen molar-refractivity contribution in [3.05, 3.63) is 77.9 Å². The summed E-state index contributed by atoms with van der Waals surface area (Å²) in [6, 6.07) is 24.5. The van der Waals surface area contributed by atoms with E-state index >= 15 is 0 Å². The summed E-state index contributed by atoms with van der Waals surface area (Å²) in [7, 11) is 0. The number of nitrogens with one attached hydrogen (secondary N) is 1. The number of carboxylic acid groups (broad SMARTS) is 1. The predicted molar refractivity (Wildman–Crippen MR) is 126 cm³/mol. The fourth-order valence-electron chi connectivity index (χ4n) is 5.24. The van der Waals surface area contributed by atoms with Gasteiger partial charge in [-0.25, -0.2) is 0 Å². The summed E-state index contributed by atoms with van der Waals surface area (Å²) in [6.07, 6.45) is 3.34. The summed E-state index contributed by atoms with van der Waals surface area (Å²) < 4.78 is 0. The minimum atomic E-state index is -0.699. The first-order chi connectivity index (χ1) is 15.0. The van der Waals surface area contributed by atoms with E-state index in [4.69, 9.17) is 0 Å². The molecule has 2 fully saturated rings. The molecule has 3 aromatic carbocycles. The van der Waals surface area contributed by atoms with Gasteiger partial charge in [-0.2, -0.15) is 0 Å². The number of rotatable bonds is 7. The molecule has 1 aliphatic carbocycles. The molecule has 2 N–H and O–H groups in total. The Balaban J connectivity index is 1.24. The minimum Gasteiger partial charge on any atom is -0.481 e. The van der Waals surface area contributed by atoms with Gasteiger partial charge in [-0.3, -0.25) is 4.79 Å². The Kier molecular flexibility index (Phi) is 5.19. The SMILES string of the molecule is C[C@@H](N[C@H]1CCN(c2ccc(C3(CC(=O)O)CC3)cc2)C1)c1cccc2ccccc12. The smallest absolute Gasteiger partial charge is 0.304 e. The Labute approximate surface area is 183 Å². The van der Waals surface area contributed by atoms with E-state index in [-0.39, 0.29) is 11.8 Å². The summed E-state index contributed by atoms with van der Waals surface area (Å²) in [5, 5.41) is 15.7. The van der Waals surface area contributed by atoms with E-state index in [1.807, 2.05) is 0 Å². The van der Waals surface area contributed by atoms with Crippen LogP contribution in [0.25, 0.3) is 10.8 Å². The summed E-state index contributed by atoms with van der Waals surface area (Å²) >= 11 is 0. The van der Waals surface area contributed by atoms with Gasteiger partial charge in [0.2, 0.25) is 0 Å². The van der Waals surface area contributed by atoms with Gasteiger partial charge < -0.3 is 15.3 Å². The Hall–Kier alpha value is -2.85. The van der Waals surface area contributed by atoms with Crippen molar-refractivity contribution in [2.45, 2.75) is 50.1 Å². The number of fused-ring (bicyclic) bond motifs is 1. The monoisotopic (exact) mass is 414 g/mol. The Morgan fingerprint density at radius 1 is 1.10 bits per heavy atom. The first kappa shape index (κ1) is 20.1. The molecule has 1 aliphatic heterocycles. The third-order valence-corrected chi connectivity index (χ3v) is 7.15. The normalized spacial score (nSPS) is 20.7. The summed E-state index contributed by atoms with van der Waals surface area (Å²) in [5.41, 5.74) is 3.65. The van der Waals surface area contributed by atoms with Gasteiger partial charge in [0.25, 0.3) is 0 Å². The number of aliphatic carboxylic acids is 1. The number of nitrogens with zero attached hydrogens (tertiary/aromatic N) is 1. The van der Waals surface area contributed by atoms with Crippen molar-refractivity contribution < 1.29 is 9.90 Å². The highest BCUT2D eigenvalue weighted by atomic mass is 16.4. The molecular formula is C27H30N2O2. The zero-order chi connectivity index (χ0) is 21.4. The molecule has 0 radical (unpaired) electrons. The van der Waals surface area contributed by atoms with Crippen LogP contribution in [0.1, 0.15) is 49.8 Å². The van der Waals surface area contributed by atoms with Gasteiger partial charge in [0.15, 0.2) is 0 Å². The van der Waals surface area contributed by atoms with Gasteiger partial charge in [0, 0.05) is 36.3 Å². The molecular weight excluding hydrogens is 384 g/mol. The molecule has 2 atom stereocenters. The molecule has 1 saturated heterocycles. The van der Waals surface area contributed by atoms with E-state index in [0.717, 1.165) is 32.4 Å². The summed E-state index contributed by atoms with van der Waals surface area (Å²) in [6.45, 7) is 4.30. The highest BCUT2D eigenvalue weighted by Gasteiger charge is 2.45. The standard InChI is InChI=1S/C27H30N2O2/c1-19(24-8-4-6-20-5-2-3-7-25(20)24)28-22-13-16-29(18-22)23-11-9-21(10-12-23)27(14-15-27)17-26(30)31/h2-12,19,22,28H,13-18H2,1H3,(H,30,31)/t19-,22+/m1/s1. The molecule has 1 saturated carbocycles. The fraction of sp³-hybridized carbons (Fsp3) is 0.370. The van der Waals surface area contributed by atoms with E-state index in [1.165, 1.54) is 27.6 Å². The maximum atomic E-state index is 11.2. The largest absolute Gasteiger partial charge is 0.481 e. The number of hydrogen-bond donors (Lipinski definition) is 2. The van der Waals surface area contributed by atoms with Gasteiger partial charge in [0.05, 0.1) is 6.42 Å². The van der Waals surface area contributed by atoms with Crippen LogP contribution in [-0.2, 0) is 10.2 Å². The van der Waals surface area contributed by atoms with E-state index in [1.54, 1.807) is 0 Å². The average molecular weight is 415 g/mol. The zero-order valence-corrected chi connectivity index (χ0v) is 18.1. The van der Waals surface area contributed by atoms with Crippen molar-refractivity contribution in [1.82, 2.24) is 5.32 Å². The minimum absolute atomic E-state index is 0.118. The van der Waals surface area contributed by atoms with Crippen molar-refractivity contribution in [1.29, 1.82) is 0 Å². The van der Waals surface area contributed by atoms with Gasteiger partial charge in [-0.1, -0.05) is 54.6 Å². The lowest BCUT2D eigenvalue weighted by molar-refractivity contribution is -0.137. The van der Waals surface area contributed by atoms with Crippen LogP contribution < -0.4 is 10.2 Å². The zero-order valence-electron chi connectivity index (χ0n) is 18.1. The quantitative estimate of drug-likeness (QED) is 0.553. The summed E-state index contributed by atoms with van der Waals surface area (Å²) in [4.78, 5) is 13.6. The van der Waals surface area contributed by atoms with Crippen LogP contribution in [0.3, 0.4) is 0 Å². The highest BCUT2D eigenvalue weighted by Crippen LogP contribution is 2.51. The molecule has 2 aliphatic rings. The maximum absolute atomic E-state index is 11.2. The molecule has 0 amide bonds. The van der Waals surface area contributed by atoms with Crippen LogP contribution in [0.5, 0.6) is 0 Å². The number of benzene rings is 3. The predicted octanol–water partition coefficient (Wildman–Crippen LogP) is 5.28. The Morgan fingerprint density at radius 3 is 2.58 bits per heavy atom. The lowest BCUT2D eigenvalue weighted by atomic mass is 9.92. The molecule has 160 valence electrons. The molecule has 0 aromatic heterocycles. The van der Waals surface area contributed by atoms with Crippen LogP contribution in [0.4, 0.5) is 5.69 Å². The van der Waals surface area contributed by atoms with E-state index in [2.05, 4.69) is 83.9 Å². The first-order valence-corrected chi connectivity index (χ1v) is 11.4. The van der Waals surface area contributed by atoms with Crippen molar-refractivity contribution in [2.75, 3.05) is 18.0 Å². The topological polar surface area (TPSA) is 52.6 Å². The maximum Gasteiger partial charge on any atom is 0.304 e. The van der Waals surface area contributed by atoms with Gasteiger partial charge in [-0.05, 0) is 60.2 Å². The number of carbonyl (C=O) groups is 1. The van der Waals surface area contributed by atoms with Crippen molar-refractivity contribution in [3.8, 4) is 0 Å². The first-order valence-electron chi connectivity index (χ1n) is 11.4. The van der Waals surface area contributed by atoms with Crippen molar-refractivity contribution in [3.63, 3.8) is 0 Å². The molecule has 5 rings (SSSR count).